The number of amides is 1. The first kappa shape index (κ1) is 12.5. The second-order valence-corrected chi connectivity index (χ2v) is 5.05. The van der Waals surface area contributed by atoms with Gasteiger partial charge in [0.25, 0.3) is 0 Å². The number of allylic oxidation sites excluding steroid dienone is 1. The van der Waals surface area contributed by atoms with Crippen molar-refractivity contribution in [1.82, 2.24) is 5.32 Å². The first-order valence-corrected chi connectivity index (χ1v) is 6.26. The first-order chi connectivity index (χ1) is 8.06. The molecule has 0 spiro atoms. The molecule has 0 radical (unpaired) electrons. The van der Waals surface area contributed by atoms with Crippen molar-refractivity contribution in [3.63, 3.8) is 0 Å². The Morgan fingerprint density at radius 1 is 1.35 bits per heavy atom. The van der Waals surface area contributed by atoms with Crippen molar-refractivity contribution >= 4 is 34.7 Å². The highest BCUT2D eigenvalue weighted by atomic mass is 35.5. The number of benzene rings is 1. The third kappa shape index (κ3) is 3.48. The van der Waals surface area contributed by atoms with E-state index in [2.05, 4.69) is 5.32 Å². The molecule has 0 saturated heterocycles. The molecule has 1 saturated carbocycles. The molecular formula is C13H13Cl2NO. The average Bonchev–Trinajstić information content (AvgIpc) is 3.05. The van der Waals surface area contributed by atoms with Gasteiger partial charge < -0.3 is 5.32 Å². The molecule has 1 fully saturated rings. The van der Waals surface area contributed by atoms with Crippen molar-refractivity contribution in [3.05, 3.63) is 39.9 Å². The van der Waals surface area contributed by atoms with Crippen molar-refractivity contribution < 1.29 is 4.79 Å². The van der Waals surface area contributed by atoms with E-state index < -0.39 is 0 Å². The highest BCUT2D eigenvalue weighted by Crippen LogP contribution is 2.26. The number of carbonyl (C=O) groups excluding carboxylic acids is 1. The molecule has 0 atom stereocenters. The molecule has 4 heteroatoms. The zero-order valence-corrected chi connectivity index (χ0v) is 11.0. The third-order valence-electron chi connectivity index (χ3n) is 2.65. The normalized spacial score (nSPS) is 15.8. The minimum absolute atomic E-state index is 0.0453. The molecule has 1 aliphatic carbocycles. The van der Waals surface area contributed by atoms with Crippen LogP contribution < -0.4 is 5.32 Å². The van der Waals surface area contributed by atoms with Crippen LogP contribution >= 0.6 is 23.2 Å². The molecule has 0 heterocycles. The van der Waals surface area contributed by atoms with E-state index in [-0.39, 0.29) is 5.91 Å². The molecule has 1 aromatic rings. The van der Waals surface area contributed by atoms with Gasteiger partial charge in [-0.1, -0.05) is 29.3 Å². The second kappa shape index (κ2) is 5.11. The number of carbonyl (C=O) groups is 1. The van der Waals surface area contributed by atoms with Gasteiger partial charge in [0, 0.05) is 12.1 Å². The SMILES string of the molecule is C/C(=C\C(=O)NC1CC1)c1ccc(Cl)c(Cl)c1. The van der Waals surface area contributed by atoms with E-state index in [4.69, 9.17) is 23.2 Å². The van der Waals surface area contributed by atoms with E-state index >= 15 is 0 Å². The lowest BCUT2D eigenvalue weighted by atomic mass is 10.1. The topological polar surface area (TPSA) is 29.1 Å². The van der Waals surface area contributed by atoms with Crippen molar-refractivity contribution in [2.45, 2.75) is 25.8 Å². The quantitative estimate of drug-likeness (QED) is 0.834. The Kier molecular flexibility index (Phi) is 3.75. The summed E-state index contributed by atoms with van der Waals surface area (Å²) in [7, 11) is 0. The molecule has 17 heavy (non-hydrogen) atoms. The van der Waals surface area contributed by atoms with Crippen molar-refractivity contribution in [2.24, 2.45) is 0 Å². The van der Waals surface area contributed by atoms with Gasteiger partial charge in [-0.15, -0.1) is 0 Å². The molecule has 1 aromatic carbocycles. The molecule has 0 unspecified atom stereocenters. The van der Waals surface area contributed by atoms with Crippen LogP contribution in [0.15, 0.2) is 24.3 Å². The van der Waals surface area contributed by atoms with Crippen molar-refractivity contribution in [2.75, 3.05) is 0 Å². The fourth-order valence-corrected chi connectivity index (χ4v) is 1.79. The van der Waals surface area contributed by atoms with Gasteiger partial charge in [-0.25, -0.2) is 0 Å². The third-order valence-corrected chi connectivity index (χ3v) is 3.39. The first-order valence-electron chi connectivity index (χ1n) is 5.50. The van der Waals surface area contributed by atoms with Gasteiger partial charge in [0.05, 0.1) is 10.0 Å². The molecular weight excluding hydrogens is 257 g/mol. The molecule has 0 aliphatic heterocycles. The van der Waals surface area contributed by atoms with Crippen LogP contribution in [0.4, 0.5) is 0 Å². The smallest absolute Gasteiger partial charge is 0.244 e. The maximum absolute atomic E-state index is 11.6. The Labute approximate surface area is 111 Å². The Bertz CT molecular complexity index is 478. The van der Waals surface area contributed by atoms with Crippen LogP contribution in [-0.2, 0) is 4.79 Å². The summed E-state index contributed by atoms with van der Waals surface area (Å²) in [4.78, 5) is 11.6. The van der Waals surface area contributed by atoms with E-state index in [9.17, 15) is 4.79 Å². The predicted octanol–water partition coefficient (Wildman–Crippen LogP) is 3.68. The summed E-state index contributed by atoms with van der Waals surface area (Å²) in [6.45, 7) is 1.88. The lowest BCUT2D eigenvalue weighted by Gasteiger charge is -2.04. The largest absolute Gasteiger partial charge is 0.350 e. The molecule has 0 aromatic heterocycles. The van der Waals surface area contributed by atoms with Gasteiger partial charge in [-0.3, -0.25) is 4.79 Å². The molecule has 1 aliphatic rings. The van der Waals surface area contributed by atoms with E-state index in [1.807, 2.05) is 13.0 Å². The monoisotopic (exact) mass is 269 g/mol. The summed E-state index contributed by atoms with van der Waals surface area (Å²) in [5.41, 5.74) is 1.78. The average molecular weight is 270 g/mol. The fourth-order valence-electron chi connectivity index (χ4n) is 1.49. The lowest BCUT2D eigenvalue weighted by molar-refractivity contribution is -0.116. The summed E-state index contributed by atoms with van der Waals surface area (Å²) >= 11 is 11.8. The minimum Gasteiger partial charge on any atom is -0.350 e. The van der Waals surface area contributed by atoms with Crippen LogP contribution in [0.3, 0.4) is 0 Å². The van der Waals surface area contributed by atoms with Gasteiger partial charge in [-0.05, 0) is 43.0 Å². The maximum atomic E-state index is 11.6. The fraction of sp³-hybridized carbons (Fsp3) is 0.308. The Hall–Kier alpha value is -0.990. The summed E-state index contributed by atoms with van der Waals surface area (Å²) in [5.74, 6) is -0.0453. The van der Waals surface area contributed by atoms with Crippen molar-refractivity contribution in [1.29, 1.82) is 0 Å². The molecule has 90 valence electrons. The van der Waals surface area contributed by atoms with Crippen LogP contribution in [0.1, 0.15) is 25.3 Å². The van der Waals surface area contributed by atoms with Crippen LogP contribution in [0.5, 0.6) is 0 Å². The van der Waals surface area contributed by atoms with Crippen LogP contribution in [0.2, 0.25) is 10.0 Å². The number of nitrogens with one attached hydrogen (secondary N) is 1. The van der Waals surface area contributed by atoms with Gasteiger partial charge in [-0.2, -0.15) is 0 Å². The van der Waals surface area contributed by atoms with Gasteiger partial charge >= 0.3 is 0 Å². The summed E-state index contributed by atoms with van der Waals surface area (Å²) in [6.07, 6.45) is 3.77. The Balaban J connectivity index is 2.11. The molecule has 2 nitrogen and oxygen atoms in total. The molecule has 1 amide bonds. The van der Waals surface area contributed by atoms with Crippen LogP contribution in [-0.4, -0.2) is 11.9 Å². The van der Waals surface area contributed by atoms with E-state index in [0.717, 1.165) is 24.0 Å². The minimum atomic E-state index is -0.0453. The Morgan fingerprint density at radius 2 is 2.06 bits per heavy atom. The lowest BCUT2D eigenvalue weighted by Crippen LogP contribution is -2.23. The van der Waals surface area contributed by atoms with Crippen LogP contribution in [0, 0.1) is 0 Å². The number of rotatable bonds is 3. The van der Waals surface area contributed by atoms with E-state index in [1.54, 1.807) is 18.2 Å². The summed E-state index contributed by atoms with van der Waals surface area (Å²) in [6, 6.07) is 5.72. The van der Waals surface area contributed by atoms with Crippen LogP contribution in [0.25, 0.3) is 5.57 Å². The maximum Gasteiger partial charge on any atom is 0.244 e. The summed E-state index contributed by atoms with van der Waals surface area (Å²) in [5, 5.41) is 3.92. The second-order valence-electron chi connectivity index (χ2n) is 4.24. The van der Waals surface area contributed by atoms with Gasteiger partial charge in [0.15, 0.2) is 0 Å². The standard InChI is InChI=1S/C13H13Cl2NO/c1-8(6-13(17)16-10-3-4-10)9-2-5-11(14)12(15)7-9/h2,5-7,10H,3-4H2,1H3,(H,16,17)/b8-6+. The zero-order chi connectivity index (χ0) is 12.4. The molecule has 1 N–H and O–H groups in total. The molecule has 0 bridgehead atoms. The number of hydrogen-bond acceptors (Lipinski definition) is 1. The number of halogens is 2. The predicted molar refractivity (Wildman–Crippen MR) is 71.3 cm³/mol. The number of hydrogen-bond donors (Lipinski definition) is 1. The summed E-state index contributed by atoms with van der Waals surface area (Å²) < 4.78 is 0. The zero-order valence-electron chi connectivity index (χ0n) is 9.47. The van der Waals surface area contributed by atoms with Gasteiger partial charge in [0.2, 0.25) is 5.91 Å². The highest BCUT2D eigenvalue weighted by molar-refractivity contribution is 6.42. The highest BCUT2D eigenvalue weighted by Gasteiger charge is 2.22. The van der Waals surface area contributed by atoms with E-state index in [0.29, 0.717) is 16.1 Å². The Morgan fingerprint density at radius 3 is 2.65 bits per heavy atom. The van der Waals surface area contributed by atoms with Gasteiger partial charge in [0.1, 0.15) is 0 Å². The molecule has 2 rings (SSSR count). The van der Waals surface area contributed by atoms with E-state index in [1.165, 1.54) is 0 Å². The van der Waals surface area contributed by atoms with Crippen molar-refractivity contribution in [3.8, 4) is 0 Å².